The van der Waals surface area contributed by atoms with E-state index >= 15 is 0 Å². The lowest BCUT2D eigenvalue weighted by atomic mass is 10.0. The highest BCUT2D eigenvalue weighted by Gasteiger charge is 2.46. The van der Waals surface area contributed by atoms with Gasteiger partial charge in [0.1, 0.15) is 11.8 Å². The third-order valence-corrected chi connectivity index (χ3v) is 3.30. The van der Waals surface area contributed by atoms with Crippen LogP contribution in [0.1, 0.15) is 17.2 Å². The highest BCUT2D eigenvalue weighted by Crippen LogP contribution is 2.41. The van der Waals surface area contributed by atoms with Crippen LogP contribution in [-0.2, 0) is 0 Å². The molecule has 7 heteroatoms. The number of rotatable bonds is 2. The minimum atomic E-state index is -4.40. The molecule has 1 heterocycles. The zero-order valence-corrected chi connectivity index (χ0v) is 11.9. The monoisotopic (exact) mass is 310 g/mol. The number of phenols is 1. The molecule has 2 rings (SSSR count). The van der Waals surface area contributed by atoms with E-state index in [1.807, 2.05) is 0 Å². The van der Waals surface area contributed by atoms with Gasteiger partial charge in [-0.15, -0.1) is 12.4 Å². The van der Waals surface area contributed by atoms with Crippen LogP contribution in [0.3, 0.4) is 0 Å². The van der Waals surface area contributed by atoms with Crippen molar-refractivity contribution in [3.63, 3.8) is 0 Å². The van der Waals surface area contributed by atoms with Crippen molar-refractivity contribution < 1.29 is 18.3 Å². The summed E-state index contributed by atoms with van der Waals surface area (Å²) in [6.07, 6.45) is -4.40. The first kappa shape index (κ1) is 17.1. The summed E-state index contributed by atoms with van der Waals surface area (Å²) in [4.78, 5) is 1.37. The quantitative estimate of drug-likeness (QED) is 0.881. The molecule has 0 radical (unpaired) electrons. The number of phenolic OH excluding ortho intramolecular Hbond substituents is 1. The fourth-order valence-corrected chi connectivity index (χ4v) is 2.41. The van der Waals surface area contributed by atoms with Gasteiger partial charge < -0.3 is 10.4 Å². The molecule has 20 heavy (non-hydrogen) atoms. The Kier molecular flexibility index (Phi) is 5.68. The molecule has 1 fully saturated rings. The summed E-state index contributed by atoms with van der Waals surface area (Å²) in [5, 5.41) is 12.8. The fraction of sp³-hybridized carbons (Fsp3) is 0.538. The van der Waals surface area contributed by atoms with Crippen molar-refractivity contribution in [3.05, 3.63) is 29.3 Å². The highest BCUT2D eigenvalue weighted by molar-refractivity contribution is 5.85. The summed E-state index contributed by atoms with van der Waals surface area (Å²) in [5.41, 5.74) is 0.645. The largest absolute Gasteiger partial charge is 0.508 e. The predicted molar refractivity (Wildman–Crippen MR) is 73.3 cm³/mol. The maximum Gasteiger partial charge on any atom is 0.408 e. The molecule has 1 atom stereocenters. The van der Waals surface area contributed by atoms with Crippen molar-refractivity contribution in [2.45, 2.75) is 19.1 Å². The summed E-state index contributed by atoms with van der Waals surface area (Å²) >= 11 is 0. The lowest BCUT2D eigenvalue weighted by molar-refractivity contribution is -0.188. The first-order valence-electron chi connectivity index (χ1n) is 6.20. The maximum absolute atomic E-state index is 13.3. The van der Waals surface area contributed by atoms with E-state index in [4.69, 9.17) is 0 Å². The van der Waals surface area contributed by atoms with Crippen molar-refractivity contribution in [3.8, 4) is 5.75 Å². The molecule has 1 aliphatic heterocycles. The Morgan fingerprint density at radius 2 is 1.85 bits per heavy atom. The van der Waals surface area contributed by atoms with Crippen LogP contribution in [0.4, 0.5) is 13.2 Å². The van der Waals surface area contributed by atoms with E-state index in [-0.39, 0.29) is 23.7 Å². The number of piperazine rings is 1. The lowest BCUT2D eigenvalue weighted by Crippen LogP contribution is -2.49. The molecular weight excluding hydrogens is 293 g/mol. The van der Waals surface area contributed by atoms with Crippen LogP contribution in [-0.4, -0.2) is 42.4 Å². The molecule has 114 valence electrons. The van der Waals surface area contributed by atoms with Crippen LogP contribution in [0.15, 0.2) is 18.2 Å². The van der Waals surface area contributed by atoms with Gasteiger partial charge in [0.05, 0.1) is 0 Å². The first-order chi connectivity index (χ1) is 8.89. The molecule has 0 amide bonds. The number of hydrogen-bond acceptors (Lipinski definition) is 3. The predicted octanol–water partition coefficient (Wildman–Crippen LogP) is 2.63. The van der Waals surface area contributed by atoms with Crippen molar-refractivity contribution >= 4 is 12.4 Å². The standard InChI is InChI=1S/C13H17F3N2O.ClH/c1-9-2-3-11(19)10(8-9)12(13(14,15)16)18-6-4-17-5-7-18;/h2-3,8,12,17,19H,4-7H2,1H3;1H/t12-;/m1./s1. The summed E-state index contributed by atoms with van der Waals surface area (Å²) in [6.45, 7) is 3.40. The fourth-order valence-electron chi connectivity index (χ4n) is 2.41. The van der Waals surface area contributed by atoms with Crippen molar-refractivity contribution in [2.75, 3.05) is 26.2 Å². The van der Waals surface area contributed by atoms with E-state index in [9.17, 15) is 18.3 Å². The minimum absolute atomic E-state index is 0. The molecule has 1 aromatic carbocycles. The summed E-state index contributed by atoms with van der Waals surface area (Å²) in [5.74, 6) is -0.300. The van der Waals surface area contributed by atoms with Gasteiger partial charge in [0.25, 0.3) is 0 Å². The number of aryl methyl sites for hydroxylation is 1. The van der Waals surface area contributed by atoms with Crippen LogP contribution in [0.25, 0.3) is 0 Å². The molecule has 0 spiro atoms. The van der Waals surface area contributed by atoms with E-state index in [1.54, 1.807) is 13.0 Å². The number of aromatic hydroxyl groups is 1. The molecule has 0 aromatic heterocycles. The number of nitrogens with zero attached hydrogens (tertiary/aromatic N) is 1. The number of hydrogen-bond donors (Lipinski definition) is 2. The SMILES string of the molecule is Cc1ccc(O)c([C@@H](N2CCNCC2)C(F)(F)F)c1.Cl. The molecule has 1 aliphatic rings. The topological polar surface area (TPSA) is 35.5 Å². The Labute approximate surface area is 122 Å². The second-order valence-corrected chi connectivity index (χ2v) is 4.79. The molecular formula is C13H18ClF3N2O. The Bertz CT molecular complexity index is 448. The van der Waals surface area contributed by atoms with Gasteiger partial charge in [0, 0.05) is 31.7 Å². The Balaban J connectivity index is 0.00000200. The van der Waals surface area contributed by atoms with Gasteiger partial charge in [-0.3, -0.25) is 4.90 Å². The zero-order valence-electron chi connectivity index (χ0n) is 11.1. The number of nitrogens with one attached hydrogen (secondary N) is 1. The van der Waals surface area contributed by atoms with Gasteiger partial charge in [0.15, 0.2) is 0 Å². The minimum Gasteiger partial charge on any atom is -0.508 e. The molecule has 2 N–H and O–H groups in total. The Hall–Kier alpha value is -0.980. The first-order valence-corrected chi connectivity index (χ1v) is 6.20. The number of benzene rings is 1. The number of alkyl halides is 3. The molecule has 0 unspecified atom stereocenters. The van der Waals surface area contributed by atoms with Crippen LogP contribution in [0, 0.1) is 6.92 Å². The molecule has 3 nitrogen and oxygen atoms in total. The van der Waals surface area contributed by atoms with E-state index in [2.05, 4.69) is 5.32 Å². The van der Waals surface area contributed by atoms with Crippen LogP contribution < -0.4 is 5.32 Å². The van der Waals surface area contributed by atoms with E-state index in [0.29, 0.717) is 31.7 Å². The average molecular weight is 311 g/mol. The number of halogens is 4. The van der Waals surface area contributed by atoms with Gasteiger partial charge in [-0.2, -0.15) is 13.2 Å². The van der Waals surface area contributed by atoms with Crippen LogP contribution in [0.5, 0.6) is 5.75 Å². The third kappa shape index (κ3) is 3.77. The Morgan fingerprint density at radius 3 is 2.40 bits per heavy atom. The molecule has 0 aliphatic carbocycles. The second kappa shape index (κ2) is 6.65. The summed E-state index contributed by atoms with van der Waals surface area (Å²) in [6, 6.07) is 2.60. The maximum atomic E-state index is 13.3. The second-order valence-electron chi connectivity index (χ2n) is 4.79. The van der Waals surface area contributed by atoms with Gasteiger partial charge in [0.2, 0.25) is 0 Å². The van der Waals surface area contributed by atoms with Gasteiger partial charge >= 0.3 is 6.18 Å². The third-order valence-electron chi connectivity index (χ3n) is 3.30. The molecule has 1 saturated heterocycles. The Morgan fingerprint density at radius 1 is 1.25 bits per heavy atom. The molecule has 1 aromatic rings. The van der Waals surface area contributed by atoms with Gasteiger partial charge in [-0.25, -0.2) is 0 Å². The zero-order chi connectivity index (χ0) is 14.0. The van der Waals surface area contributed by atoms with Gasteiger partial charge in [-0.05, 0) is 13.0 Å². The van der Waals surface area contributed by atoms with Gasteiger partial charge in [-0.1, -0.05) is 17.7 Å². The van der Waals surface area contributed by atoms with Crippen molar-refractivity contribution in [2.24, 2.45) is 0 Å². The average Bonchev–Trinajstić information content (AvgIpc) is 2.33. The lowest BCUT2D eigenvalue weighted by Gasteiger charge is -2.36. The molecule has 0 bridgehead atoms. The van der Waals surface area contributed by atoms with Crippen molar-refractivity contribution in [1.82, 2.24) is 10.2 Å². The van der Waals surface area contributed by atoms with Crippen LogP contribution >= 0.6 is 12.4 Å². The smallest absolute Gasteiger partial charge is 0.408 e. The highest BCUT2D eigenvalue weighted by atomic mass is 35.5. The summed E-state index contributed by atoms with van der Waals surface area (Å²) < 4.78 is 40.0. The van der Waals surface area contributed by atoms with E-state index < -0.39 is 12.2 Å². The van der Waals surface area contributed by atoms with E-state index in [1.165, 1.54) is 17.0 Å². The van der Waals surface area contributed by atoms with Crippen LogP contribution in [0.2, 0.25) is 0 Å². The molecule has 0 saturated carbocycles. The van der Waals surface area contributed by atoms with Crippen molar-refractivity contribution in [1.29, 1.82) is 0 Å². The van der Waals surface area contributed by atoms with E-state index in [0.717, 1.165) is 0 Å². The summed E-state index contributed by atoms with van der Waals surface area (Å²) in [7, 11) is 0. The normalized spacial score (nSPS) is 18.4.